The van der Waals surface area contributed by atoms with Gasteiger partial charge >= 0.3 is 0 Å². The molecular weight excluding hydrogens is 270 g/mol. The highest BCUT2D eigenvalue weighted by atomic mass is 28.3. The van der Waals surface area contributed by atoms with E-state index in [4.69, 9.17) is 0 Å². The first-order chi connectivity index (χ1) is 9.43. The Hall–Kier alpha value is -0.863. The van der Waals surface area contributed by atoms with E-state index in [1.165, 1.54) is 5.56 Å². The Morgan fingerprint density at radius 2 is 1.52 bits per heavy atom. The zero-order chi connectivity index (χ0) is 16.3. The van der Waals surface area contributed by atoms with Gasteiger partial charge in [-0.3, -0.25) is 0 Å². The van der Waals surface area contributed by atoms with Crippen LogP contribution in [0.5, 0.6) is 0 Å². The van der Waals surface area contributed by atoms with E-state index in [0.29, 0.717) is 5.04 Å². The summed E-state index contributed by atoms with van der Waals surface area (Å²) in [5.41, 5.74) is 1.46. The largest absolute Gasteiger partial charge is 0.309 e. The van der Waals surface area contributed by atoms with E-state index in [9.17, 15) is 0 Å². The summed E-state index contributed by atoms with van der Waals surface area (Å²) < 4.78 is 0. The SMILES string of the molecule is CC(C)(C)NCC(=Cc1ccccc1)[Si](C)(C)C(C)(C)C. The van der Waals surface area contributed by atoms with Gasteiger partial charge in [-0.15, -0.1) is 0 Å². The molecular formula is C19H33NSi. The first-order valence-corrected chi connectivity index (χ1v) is 10.9. The second-order valence-corrected chi connectivity index (χ2v) is 14.0. The lowest BCUT2D eigenvalue weighted by atomic mass is 10.1. The Kier molecular flexibility index (Phi) is 5.62. The summed E-state index contributed by atoms with van der Waals surface area (Å²) in [6, 6.07) is 10.7. The molecule has 0 unspecified atom stereocenters. The molecule has 0 atom stereocenters. The van der Waals surface area contributed by atoms with Crippen LogP contribution in [0, 0.1) is 0 Å². The first-order valence-electron chi connectivity index (χ1n) is 7.95. The van der Waals surface area contributed by atoms with Crippen LogP contribution in [0.4, 0.5) is 0 Å². The predicted octanol–water partition coefficient (Wildman–Crippen LogP) is 5.51. The van der Waals surface area contributed by atoms with E-state index in [1.807, 2.05) is 0 Å². The van der Waals surface area contributed by atoms with Crippen molar-refractivity contribution in [3.8, 4) is 0 Å². The monoisotopic (exact) mass is 303 g/mol. The third-order valence-electron chi connectivity index (χ3n) is 4.63. The maximum atomic E-state index is 3.69. The zero-order valence-corrected chi connectivity index (χ0v) is 16.2. The van der Waals surface area contributed by atoms with Crippen molar-refractivity contribution < 1.29 is 0 Å². The molecule has 1 aromatic rings. The lowest BCUT2D eigenvalue weighted by molar-refractivity contribution is 0.447. The standard InChI is InChI=1S/C19H33NSi/c1-18(2,3)20-15-17(21(7,8)19(4,5)6)14-16-12-10-9-11-13-16/h9-14,20H,15H2,1-8H3. The van der Waals surface area contributed by atoms with Crippen LogP contribution in [-0.2, 0) is 0 Å². The molecule has 0 saturated carbocycles. The summed E-state index contributed by atoms with van der Waals surface area (Å²) in [7, 11) is -1.52. The molecule has 21 heavy (non-hydrogen) atoms. The Balaban J connectivity index is 3.15. The summed E-state index contributed by atoms with van der Waals surface area (Å²) in [5.74, 6) is 0. The molecule has 0 aliphatic rings. The fourth-order valence-corrected chi connectivity index (χ4v) is 4.07. The maximum absolute atomic E-state index is 3.69. The Labute approximate surface area is 132 Å². The van der Waals surface area contributed by atoms with E-state index in [-0.39, 0.29) is 5.54 Å². The maximum Gasteiger partial charge on any atom is 0.0824 e. The van der Waals surface area contributed by atoms with E-state index < -0.39 is 8.07 Å². The Bertz CT molecular complexity index is 473. The summed E-state index contributed by atoms with van der Waals surface area (Å²) in [4.78, 5) is 0. The summed E-state index contributed by atoms with van der Waals surface area (Å²) in [6.45, 7) is 19.8. The zero-order valence-electron chi connectivity index (χ0n) is 15.2. The lowest BCUT2D eigenvalue weighted by Gasteiger charge is -2.40. The smallest absolute Gasteiger partial charge is 0.0824 e. The van der Waals surface area contributed by atoms with Crippen LogP contribution in [0.3, 0.4) is 0 Å². The van der Waals surface area contributed by atoms with Crippen LogP contribution >= 0.6 is 0 Å². The van der Waals surface area contributed by atoms with Gasteiger partial charge in [-0.1, -0.05) is 75.5 Å². The van der Waals surface area contributed by atoms with Crippen molar-refractivity contribution in [3.05, 3.63) is 41.1 Å². The second kappa shape index (κ2) is 6.49. The second-order valence-electron chi connectivity index (χ2n) is 8.56. The van der Waals surface area contributed by atoms with E-state index in [2.05, 4.69) is 96.4 Å². The molecule has 0 spiro atoms. The van der Waals surface area contributed by atoms with Crippen molar-refractivity contribution >= 4 is 14.1 Å². The van der Waals surface area contributed by atoms with Crippen LogP contribution in [0.15, 0.2) is 35.5 Å². The minimum Gasteiger partial charge on any atom is -0.309 e. The fourth-order valence-electron chi connectivity index (χ4n) is 2.04. The summed E-state index contributed by atoms with van der Waals surface area (Å²) in [6.07, 6.45) is 2.41. The average molecular weight is 304 g/mol. The molecule has 1 rings (SSSR count). The Morgan fingerprint density at radius 1 is 1.00 bits per heavy atom. The highest BCUT2D eigenvalue weighted by molar-refractivity contribution is 6.87. The average Bonchev–Trinajstić information content (AvgIpc) is 2.33. The van der Waals surface area contributed by atoms with Crippen molar-refractivity contribution in [2.75, 3.05) is 6.54 Å². The minimum absolute atomic E-state index is 0.151. The molecule has 1 nitrogen and oxygen atoms in total. The van der Waals surface area contributed by atoms with Crippen LogP contribution < -0.4 is 5.32 Å². The summed E-state index contributed by atoms with van der Waals surface area (Å²) in [5, 5.41) is 5.63. The van der Waals surface area contributed by atoms with Crippen molar-refractivity contribution in [3.63, 3.8) is 0 Å². The summed E-state index contributed by atoms with van der Waals surface area (Å²) >= 11 is 0. The molecule has 1 aromatic carbocycles. The van der Waals surface area contributed by atoms with Crippen molar-refractivity contribution in [1.29, 1.82) is 0 Å². The number of benzene rings is 1. The van der Waals surface area contributed by atoms with E-state index in [0.717, 1.165) is 6.54 Å². The van der Waals surface area contributed by atoms with Crippen LogP contribution in [0.2, 0.25) is 18.1 Å². The van der Waals surface area contributed by atoms with Crippen LogP contribution in [0.25, 0.3) is 6.08 Å². The van der Waals surface area contributed by atoms with Crippen LogP contribution in [0.1, 0.15) is 47.1 Å². The molecule has 0 aliphatic carbocycles. The molecule has 0 aliphatic heterocycles. The van der Waals surface area contributed by atoms with Crippen molar-refractivity contribution in [1.82, 2.24) is 5.32 Å². The molecule has 0 radical (unpaired) electrons. The molecule has 0 bridgehead atoms. The fraction of sp³-hybridized carbons (Fsp3) is 0.579. The number of hydrogen-bond donors (Lipinski definition) is 1. The van der Waals surface area contributed by atoms with Gasteiger partial charge in [-0.05, 0) is 31.4 Å². The van der Waals surface area contributed by atoms with Crippen LogP contribution in [-0.4, -0.2) is 20.2 Å². The third kappa shape index (κ3) is 5.44. The van der Waals surface area contributed by atoms with Gasteiger partial charge in [-0.25, -0.2) is 0 Å². The number of rotatable bonds is 4. The van der Waals surface area contributed by atoms with Crippen molar-refractivity contribution in [2.24, 2.45) is 0 Å². The van der Waals surface area contributed by atoms with Gasteiger partial charge in [0.1, 0.15) is 0 Å². The van der Waals surface area contributed by atoms with Gasteiger partial charge < -0.3 is 5.32 Å². The third-order valence-corrected chi connectivity index (χ3v) is 10.3. The van der Waals surface area contributed by atoms with E-state index >= 15 is 0 Å². The van der Waals surface area contributed by atoms with Gasteiger partial charge in [0.25, 0.3) is 0 Å². The minimum atomic E-state index is -1.52. The molecule has 0 amide bonds. The van der Waals surface area contributed by atoms with Crippen molar-refractivity contribution in [2.45, 2.75) is 65.2 Å². The predicted molar refractivity (Wildman–Crippen MR) is 99.4 cm³/mol. The number of nitrogens with one attached hydrogen (secondary N) is 1. The van der Waals surface area contributed by atoms with E-state index in [1.54, 1.807) is 5.20 Å². The molecule has 0 heterocycles. The molecule has 0 fully saturated rings. The molecule has 0 saturated heterocycles. The lowest BCUT2D eigenvalue weighted by Crippen LogP contribution is -2.46. The normalized spacial score (nSPS) is 14.4. The molecule has 118 valence electrons. The molecule has 2 heteroatoms. The topological polar surface area (TPSA) is 12.0 Å². The van der Waals surface area contributed by atoms with Gasteiger partial charge in [0, 0.05) is 12.1 Å². The highest BCUT2D eigenvalue weighted by Gasteiger charge is 2.38. The van der Waals surface area contributed by atoms with Gasteiger partial charge in [-0.2, -0.15) is 0 Å². The van der Waals surface area contributed by atoms with Gasteiger partial charge in [0.2, 0.25) is 0 Å². The number of hydrogen-bond acceptors (Lipinski definition) is 1. The van der Waals surface area contributed by atoms with Gasteiger partial charge in [0.05, 0.1) is 8.07 Å². The molecule has 1 N–H and O–H groups in total. The quantitative estimate of drug-likeness (QED) is 0.724. The highest BCUT2D eigenvalue weighted by Crippen LogP contribution is 2.41. The van der Waals surface area contributed by atoms with Gasteiger partial charge in [0.15, 0.2) is 0 Å². The first kappa shape index (κ1) is 18.2. The Morgan fingerprint density at radius 3 is 1.95 bits per heavy atom. The molecule has 0 aromatic heterocycles.